The molecule has 0 aliphatic carbocycles. The van der Waals surface area contributed by atoms with Crippen LogP contribution in [-0.2, 0) is 11.3 Å². The van der Waals surface area contributed by atoms with E-state index in [2.05, 4.69) is 11.1 Å². The van der Waals surface area contributed by atoms with E-state index >= 15 is 0 Å². The first-order valence-corrected chi connectivity index (χ1v) is 8.12. The second-order valence-electron chi connectivity index (χ2n) is 5.25. The number of carbonyl (C=O) groups excluding carboxylic acids is 1. The van der Waals surface area contributed by atoms with Gasteiger partial charge in [0.25, 0.3) is 5.91 Å². The highest BCUT2D eigenvalue weighted by Crippen LogP contribution is 2.26. The highest BCUT2D eigenvalue weighted by molar-refractivity contribution is 5.77. The molecule has 6 heteroatoms. The minimum Gasteiger partial charge on any atom is -0.490 e. The molecule has 1 amide bonds. The van der Waals surface area contributed by atoms with Gasteiger partial charge in [0.15, 0.2) is 18.1 Å². The second kappa shape index (κ2) is 9.93. The van der Waals surface area contributed by atoms with Crippen molar-refractivity contribution in [3.63, 3.8) is 0 Å². The highest BCUT2D eigenvalue weighted by Gasteiger charge is 2.16. The molecule has 0 aliphatic rings. The Morgan fingerprint density at radius 2 is 1.96 bits per heavy atom. The maximum atomic E-state index is 12.5. The van der Waals surface area contributed by atoms with E-state index in [4.69, 9.17) is 14.7 Å². The Hall–Kier alpha value is -3.07. The summed E-state index contributed by atoms with van der Waals surface area (Å²) >= 11 is 0. The van der Waals surface area contributed by atoms with Crippen molar-refractivity contribution in [3.05, 3.63) is 54.4 Å². The van der Waals surface area contributed by atoms with Gasteiger partial charge in [0, 0.05) is 25.5 Å². The Kier molecular flexibility index (Phi) is 7.26. The third kappa shape index (κ3) is 5.81. The normalized spacial score (nSPS) is 9.92. The van der Waals surface area contributed by atoms with E-state index in [1.165, 1.54) is 0 Å². The Morgan fingerprint density at radius 3 is 2.60 bits per heavy atom. The first-order valence-electron chi connectivity index (χ1n) is 8.12. The molecule has 1 aromatic carbocycles. The van der Waals surface area contributed by atoms with Gasteiger partial charge in [0.05, 0.1) is 19.1 Å². The van der Waals surface area contributed by atoms with E-state index in [9.17, 15) is 4.79 Å². The Morgan fingerprint density at radius 1 is 1.20 bits per heavy atom. The van der Waals surface area contributed by atoms with Crippen molar-refractivity contribution in [2.45, 2.75) is 19.9 Å². The minimum absolute atomic E-state index is 0.115. The number of rotatable bonds is 9. The number of nitriles is 1. The summed E-state index contributed by atoms with van der Waals surface area (Å²) in [6.07, 6.45) is 3.65. The molecular formula is C19H21N3O3. The summed E-state index contributed by atoms with van der Waals surface area (Å²) in [5.74, 6) is 0.943. The Labute approximate surface area is 147 Å². The van der Waals surface area contributed by atoms with Gasteiger partial charge in [-0.05, 0) is 30.7 Å². The Balaban J connectivity index is 2.00. The zero-order valence-corrected chi connectivity index (χ0v) is 14.2. The molecule has 0 atom stereocenters. The fourth-order valence-corrected chi connectivity index (χ4v) is 2.26. The molecule has 0 saturated heterocycles. The number of ether oxygens (including phenoxy) is 2. The molecule has 25 heavy (non-hydrogen) atoms. The number of amides is 1. The van der Waals surface area contributed by atoms with Crippen LogP contribution < -0.4 is 9.47 Å². The largest absolute Gasteiger partial charge is 0.490 e. The van der Waals surface area contributed by atoms with Crippen LogP contribution in [0.3, 0.4) is 0 Å². The van der Waals surface area contributed by atoms with Gasteiger partial charge in [-0.3, -0.25) is 9.78 Å². The van der Waals surface area contributed by atoms with Gasteiger partial charge in [-0.15, -0.1) is 0 Å². The first-order chi connectivity index (χ1) is 12.2. The van der Waals surface area contributed by atoms with Crippen molar-refractivity contribution in [1.82, 2.24) is 9.88 Å². The first kappa shape index (κ1) is 18.3. The third-order valence-corrected chi connectivity index (χ3v) is 3.44. The van der Waals surface area contributed by atoms with Crippen LogP contribution in [0.1, 0.15) is 18.9 Å². The van der Waals surface area contributed by atoms with Gasteiger partial charge < -0.3 is 14.4 Å². The van der Waals surface area contributed by atoms with E-state index in [0.29, 0.717) is 31.2 Å². The number of hydrogen-bond acceptors (Lipinski definition) is 5. The smallest absolute Gasteiger partial charge is 0.260 e. The van der Waals surface area contributed by atoms with Gasteiger partial charge >= 0.3 is 0 Å². The topological polar surface area (TPSA) is 75.5 Å². The van der Waals surface area contributed by atoms with Crippen LogP contribution in [0, 0.1) is 11.3 Å². The molecule has 0 N–H and O–H groups in total. The maximum absolute atomic E-state index is 12.5. The van der Waals surface area contributed by atoms with Gasteiger partial charge in [-0.1, -0.05) is 18.2 Å². The minimum atomic E-state index is -0.189. The third-order valence-electron chi connectivity index (χ3n) is 3.44. The van der Waals surface area contributed by atoms with Crippen LogP contribution in [0.2, 0.25) is 0 Å². The number of benzene rings is 1. The predicted octanol–water partition coefficient (Wildman–Crippen LogP) is 2.80. The zero-order valence-electron chi connectivity index (χ0n) is 14.2. The summed E-state index contributed by atoms with van der Waals surface area (Å²) in [5.41, 5.74) is 0.906. The number of aromatic nitrogens is 1. The van der Waals surface area contributed by atoms with Gasteiger partial charge in [0.2, 0.25) is 0 Å². The van der Waals surface area contributed by atoms with Crippen molar-refractivity contribution in [2.75, 3.05) is 19.8 Å². The van der Waals surface area contributed by atoms with Gasteiger partial charge in [-0.2, -0.15) is 5.26 Å². The molecule has 0 bridgehead atoms. The van der Waals surface area contributed by atoms with Crippen molar-refractivity contribution >= 4 is 5.91 Å². The van der Waals surface area contributed by atoms with Crippen LogP contribution in [0.4, 0.5) is 0 Å². The molecule has 130 valence electrons. The van der Waals surface area contributed by atoms with Gasteiger partial charge in [-0.25, -0.2) is 0 Å². The second-order valence-corrected chi connectivity index (χ2v) is 5.25. The molecule has 0 radical (unpaired) electrons. The fourth-order valence-electron chi connectivity index (χ4n) is 2.26. The molecule has 6 nitrogen and oxygen atoms in total. The standard InChI is InChI=1S/C19H21N3O3/c1-2-24-17-8-3-4-9-18(17)25-15-19(23)22(12-6-10-20)14-16-7-5-11-21-13-16/h3-5,7-9,11,13H,2,6,12,14-15H2,1H3. The summed E-state index contributed by atoms with van der Waals surface area (Å²) in [7, 11) is 0. The molecule has 1 aromatic heterocycles. The lowest BCUT2D eigenvalue weighted by atomic mass is 10.2. The van der Waals surface area contributed by atoms with Crippen LogP contribution in [-0.4, -0.2) is 35.5 Å². The lowest BCUT2D eigenvalue weighted by Crippen LogP contribution is -2.35. The van der Waals surface area contributed by atoms with Crippen molar-refractivity contribution < 1.29 is 14.3 Å². The van der Waals surface area contributed by atoms with Gasteiger partial charge in [0.1, 0.15) is 0 Å². The summed E-state index contributed by atoms with van der Waals surface area (Å²) in [6.45, 7) is 3.03. The van der Waals surface area contributed by atoms with Crippen molar-refractivity contribution in [3.8, 4) is 17.6 Å². The molecule has 0 aliphatic heterocycles. The van der Waals surface area contributed by atoms with E-state index in [-0.39, 0.29) is 18.9 Å². The lowest BCUT2D eigenvalue weighted by Gasteiger charge is -2.22. The number of pyridine rings is 1. The number of nitrogens with zero attached hydrogens (tertiary/aromatic N) is 3. The van der Waals surface area contributed by atoms with Crippen LogP contribution in [0.15, 0.2) is 48.8 Å². The number of carbonyl (C=O) groups is 1. The summed E-state index contributed by atoms with van der Waals surface area (Å²) in [5, 5.41) is 8.82. The monoisotopic (exact) mass is 339 g/mol. The SMILES string of the molecule is CCOc1ccccc1OCC(=O)N(CCC#N)Cc1cccnc1. The summed E-state index contributed by atoms with van der Waals surface area (Å²) < 4.78 is 11.1. The van der Waals surface area contributed by atoms with E-state index in [0.717, 1.165) is 5.56 Å². The summed E-state index contributed by atoms with van der Waals surface area (Å²) in [6, 6.07) is 13.0. The molecule has 0 unspecified atom stereocenters. The molecular weight excluding hydrogens is 318 g/mol. The molecule has 1 heterocycles. The molecule has 2 aromatic rings. The van der Waals surface area contributed by atoms with E-state index in [1.54, 1.807) is 29.4 Å². The van der Waals surface area contributed by atoms with Crippen LogP contribution in [0.25, 0.3) is 0 Å². The highest BCUT2D eigenvalue weighted by atomic mass is 16.5. The average molecular weight is 339 g/mol. The van der Waals surface area contributed by atoms with Crippen LogP contribution in [0.5, 0.6) is 11.5 Å². The fraction of sp³-hybridized carbons (Fsp3) is 0.316. The molecule has 0 fully saturated rings. The van der Waals surface area contributed by atoms with Crippen LogP contribution >= 0.6 is 0 Å². The lowest BCUT2D eigenvalue weighted by molar-refractivity contribution is -0.134. The van der Waals surface area contributed by atoms with Crippen molar-refractivity contribution in [2.24, 2.45) is 0 Å². The summed E-state index contributed by atoms with van der Waals surface area (Å²) in [4.78, 5) is 18.2. The van der Waals surface area contributed by atoms with E-state index in [1.807, 2.05) is 31.2 Å². The molecule has 0 saturated carbocycles. The Bertz CT molecular complexity index is 713. The molecule has 0 spiro atoms. The maximum Gasteiger partial charge on any atom is 0.260 e. The average Bonchev–Trinajstić information content (AvgIpc) is 2.65. The predicted molar refractivity (Wildman–Crippen MR) is 93.0 cm³/mol. The quantitative estimate of drug-likeness (QED) is 0.702. The number of hydrogen-bond donors (Lipinski definition) is 0. The zero-order chi connectivity index (χ0) is 17.9. The van der Waals surface area contributed by atoms with E-state index < -0.39 is 0 Å². The number of para-hydroxylation sites is 2. The molecule has 2 rings (SSSR count). The van der Waals surface area contributed by atoms with Crippen molar-refractivity contribution in [1.29, 1.82) is 5.26 Å².